The predicted octanol–water partition coefficient (Wildman–Crippen LogP) is 2.29. The number of carbonyl (C=O) groups is 2. The molecular formula is C19H30N2O3. The maximum Gasteiger partial charge on any atom is 0.242 e. The zero-order chi connectivity index (χ0) is 18.3. The number of hydrogen-bond donors (Lipinski definition) is 1. The zero-order valence-electron chi connectivity index (χ0n) is 15.4. The third-order valence-electron chi connectivity index (χ3n) is 4.24. The molecule has 134 valence electrons. The van der Waals surface area contributed by atoms with Crippen LogP contribution in [0.5, 0.6) is 0 Å². The van der Waals surface area contributed by atoms with E-state index in [1.807, 2.05) is 58.0 Å². The van der Waals surface area contributed by atoms with Crippen LogP contribution in [0.15, 0.2) is 30.3 Å². The van der Waals surface area contributed by atoms with Crippen LogP contribution in [0.3, 0.4) is 0 Å². The smallest absolute Gasteiger partial charge is 0.242 e. The minimum absolute atomic E-state index is 0.00550. The number of amides is 2. The Kier molecular flexibility index (Phi) is 7.92. The van der Waals surface area contributed by atoms with Crippen molar-refractivity contribution in [3.05, 3.63) is 35.9 Å². The van der Waals surface area contributed by atoms with Gasteiger partial charge in [0.1, 0.15) is 6.54 Å². The molecule has 24 heavy (non-hydrogen) atoms. The summed E-state index contributed by atoms with van der Waals surface area (Å²) in [7, 11) is 0. The molecule has 1 aliphatic heterocycles. The molecule has 1 aromatic rings. The number of carbonyl (C=O) groups excluding carboxylic acids is 2. The fourth-order valence-corrected chi connectivity index (χ4v) is 3.19. The van der Waals surface area contributed by atoms with Crippen LogP contribution in [0.4, 0.5) is 0 Å². The SMILES string of the molecule is CC.CC.CC(=O)N1CC(=O)N(Cc2ccccc2)C2C(CO)C21. The highest BCUT2D eigenvalue weighted by Crippen LogP contribution is 2.44. The Morgan fingerprint density at radius 3 is 2.21 bits per heavy atom. The van der Waals surface area contributed by atoms with Gasteiger partial charge < -0.3 is 14.9 Å². The summed E-state index contributed by atoms with van der Waals surface area (Å²) in [5.74, 6) is -0.140. The van der Waals surface area contributed by atoms with E-state index in [2.05, 4.69) is 0 Å². The highest BCUT2D eigenvalue weighted by atomic mass is 16.3. The minimum atomic E-state index is -0.0938. The number of hydrogen-bond acceptors (Lipinski definition) is 3. The van der Waals surface area contributed by atoms with Crippen molar-refractivity contribution in [2.24, 2.45) is 5.92 Å². The Morgan fingerprint density at radius 1 is 1.12 bits per heavy atom. The third kappa shape index (κ3) is 4.15. The lowest BCUT2D eigenvalue weighted by molar-refractivity contribution is -0.144. The summed E-state index contributed by atoms with van der Waals surface area (Å²) >= 11 is 0. The highest BCUT2D eigenvalue weighted by Gasteiger charge is 2.61. The first-order chi connectivity index (χ1) is 11.6. The second-order valence-corrected chi connectivity index (χ2v) is 5.48. The van der Waals surface area contributed by atoms with Crippen molar-refractivity contribution in [3.8, 4) is 0 Å². The molecule has 2 fully saturated rings. The monoisotopic (exact) mass is 334 g/mol. The van der Waals surface area contributed by atoms with Crippen LogP contribution >= 0.6 is 0 Å². The van der Waals surface area contributed by atoms with E-state index in [9.17, 15) is 14.7 Å². The largest absolute Gasteiger partial charge is 0.396 e. The lowest BCUT2D eigenvalue weighted by Gasteiger charge is -2.33. The molecule has 0 radical (unpaired) electrons. The van der Waals surface area contributed by atoms with Crippen LogP contribution in [-0.2, 0) is 16.1 Å². The first-order valence-electron chi connectivity index (χ1n) is 8.85. The summed E-state index contributed by atoms with van der Waals surface area (Å²) in [5.41, 5.74) is 1.07. The first kappa shape index (κ1) is 20.2. The normalized spacial score (nSPS) is 24.1. The molecule has 1 heterocycles. The van der Waals surface area contributed by atoms with Crippen LogP contribution in [0.2, 0.25) is 0 Å². The van der Waals surface area contributed by atoms with Gasteiger partial charge in [-0.2, -0.15) is 0 Å². The minimum Gasteiger partial charge on any atom is -0.396 e. The Morgan fingerprint density at radius 2 is 1.71 bits per heavy atom. The second kappa shape index (κ2) is 9.42. The molecule has 2 amide bonds. The molecule has 1 aromatic carbocycles. The highest BCUT2D eigenvalue weighted by molar-refractivity contribution is 5.87. The molecule has 3 unspecified atom stereocenters. The van der Waals surface area contributed by atoms with Gasteiger partial charge in [-0.3, -0.25) is 9.59 Å². The van der Waals surface area contributed by atoms with Crippen molar-refractivity contribution < 1.29 is 14.7 Å². The Labute approximate surface area is 145 Å². The van der Waals surface area contributed by atoms with Crippen molar-refractivity contribution in [2.75, 3.05) is 13.2 Å². The second-order valence-electron chi connectivity index (χ2n) is 5.48. The van der Waals surface area contributed by atoms with E-state index in [-0.39, 0.29) is 43.0 Å². The molecule has 1 aliphatic carbocycles. The van der Waals surface area contributed by atoms with Crippen molar-refractivity contribution in [3.63, 3.8) is 0 Å². The molecule has 1 saturated carbocycles. The van der Waals surface area contributed by atoms with Crippen LogP contribution in [0.25, 0.3) is 0 Å². The summed E-state index contributed by atoms with van der Waals surface area (Å²) in [6, 6.07) is 9.74. The van der Waals surface area contributed by atoms with E-state index >= 15 is 0 Å². The van der Waals surface area contributed by atoms with Gasteiger partial charge in [0.05, 0.1) is 12.1 Å². The summed E-state index contributed by atoms with van der Waals surface area (Å²) in [5, 5.41) is 9.43. The molecule has 2 aliphatic rings. The fourth-order valence-electron chi connectivity index (χ4n) is 3.19. The number of piperazine rings is 1. The fraction of sp³-hybridized carbons (Fsp3) is 0.579. The molecule has 5 nitrogen and oxygen atoms in total. The van der Waals surface area contributed by atoms with Crippen LogP contribution < -0.4 is 0 Å². The van der Waals surface area contributed by atoms with Gasteiger partial charge >= 0.3 is 0 Å². The van der Waals surface area contributed by atoms with Gasteiger partial charge in [-0.25, -0.2) is 0 Å². The van der Waals surface area contributed by atoms with E-state index in [0.29, 0.717) is 6.54 Å². The molecule has 5 heteroatoms. The van der Waals surface area contributed by atoms with Crippen LogP contribution in [-0.4, -0.2) is 52.0 Å². The molecular weight excluding hydrogens is 304 g/mol. The molecule has 1 N–H and O–H groups in total. The number of fused-ring (bicyclic) bond motifs is 1. The Balaban J connectivity index is 0.000000671. The number of aliphatic hydroxyl groups is 1. The maximum absolute atomic E-state index is 12.3. The average Bonchev–Trinajstić information content (AvgIpc) is 3.35. The van der Waals surface area contributed by atoms with E-state index in [1.165, 1.54) is 6.92 Å². The molecule has 3 atom stereocenters. The van der Waals surface area contributed by atoms with Crippen molar-refractivity contribution in [1.29, 1.82) is 0 Å². The van der Waals surface area contributed by atoms with Gasteiger partial charge in [0.25, 0.3) is 0 Å². The lowest BCUT2D eigenvalue weighted by Crippen LogP contribution is -2.51. The average molecular weight is 334 g/mol. The summed E-state index contributed by atoms with van der Waals surface area (Å²) in [6.45, 7) is 10.2. The first-order valence-corrected chi connectivity index (χ1v) is 8.85. The van der Waals surface area contributed by atoms with E-state index in [0.717, 1.165) is 5.56 Å². The van der Waals surface area contributed by atoms with Gasteiger partial charge in [0.15, 0.2) is 0 Å². The Hall–Kier alpha value is -1.88. The number of aliphatic hydroxyl groups excluding tert-OH is 1. The maximum atomic E-state index is 12.3. The molecule has 0 aromatic heterocycles. The van der Waals surface area contributed by atoms with Gasteiger partial charge in [-0.05, 0) is 5.56 Å². The van der Waals surface area contributed by atoms with E-state index < -0.39 is 0 Å². The van der Waals surface area contributed by atoms with Crippen molar-refractivity contribution in [1.82, 2.24) is 9.80 Å². The topological polar surface area (TPSA) is 60.9 Å². The molecule has 0 spiro atoms. The van der Waals surface area contributed by atoms with E-state index in [4.69, 9.17) is 0 Å². The quantitative estimate of drug-likeness (QED) is 0.922. The molecule has 3 rings (SSSR count). The summed E-state index contributed by atoms with van der Waals surface area (Å²) in [6.07, 6.45) is 0. The third-order valence-corrected chi connectivity index (χ3v) is 4.24. The van der Waals surface area contributed by atoms with Gasteiger partial charge in [0, 0.05) is 26.0 Å². The van der Waals surface area contributed by atoms with Crippen LogP contribution in [0, 0.1) is 5.92 Å². The van der Waals surface area contributed by atoms with E-state index in [1.54, 1.807) is 9.80 Å². The number of nitrogens with zero attached hydrogens (tertiary/aromatic N) is 2. The van der Waals surface area contributed by atoms with Crippen molar-refractivity contribution in [2.45, 2.75) is 53.2 Å². The summed E-state index contributed by atoms with van der Waals surface area (Å²) < 4.78 is 0. The van der Waals surface area contributed by atoms with Gasteiger partial charge in [-0.15, -0.1) is 0 Å². The Bertz CT molecular complexity index is 533. The molecule has 1 saturated heterocycles. The standard InChI is InChI=1S/C15H18N2O3.2C2H6/c1-10(19)16-8-13(20)17(15-12(9-18)14(15)16)7-11-5-3-2-4-6-11;2*1-2/h2-6,12,14-15,18H,7-9H2,1H3;2*1-2H3. The zero-order valence-corrected chi connectivity index (χ0v) is 15.4. The van der Waals surface area contributed by atoms with Gasteiger partial charge in [0.2, 0.25) is 11.8 Å². The summed E-state index contributed by atoms with van der Waals surface area (Å²) in [4.78, 5) is 27.2. The number of benzene rings is 1. The number of rotatable bonds is 3. The van der Waals surface area contributed by atoms with Crippen molar-refractivity contribution >= 4 is 11.8 Å². The predicted molar refractivity (Wildman–Crippen MR) is 95.2 cm³/mol. The van der Waals surface area contributed by atoms with Gasteiger partial charge in [-0.1, -0.05) is 58.0 Å². The lowest BCUT2D eigenvalue weighted by atomic mass is 10.2. The molecule has 0 bridgehead atoms. The van der Waals surface area contributed by atoms with Crippen LogP contribution in [0.1, 0.15) is 40.2 Å².